The standard InChI is InChI=1S/C31H42N6O3/c1-22-18-37(19-23(2)39-22)28-25-11-12-34(20-24-9-7-6-8-10-24)21-27(25)26(17-32)29(33-28)35-13-15-36(16-14-35)30(38)40-31(3,4)5/h6-10,22-23H,11-16,18-21H2,1-5H3. The molecule has 4 heterocycles. The van der Waals surface area contributed by atoms with Gasteiger partial charge in [0.1, 0.15) is 23.3 Å². The van der Waals surface area contributed by atoms with Gasteiger partial charge >= 0.3 is 6.09 Å². The molecule has 2 aromatic rings. The highest BCUT2D eigenvalue weighted by Crippen LogP contribution is 2.37. The van der Waals surface area contributed by atoms with Gasteiger partial charge in [0.15, 0.2) is 0 Å². The molecule has 0 spiro atoms. The molecule has 0 bridgehead atoms. The monoisotopic (exact) mass is 546 g/mol. The molecule has 40 heavy (non-hydrogen) atoms. The maximum absolute atomic E-state index is 12.7. The topological polar surface area (TPSA) is 85.2 Å². The summed E-state index contributed by atoms with van der Waals surface area (Å²) in [6, 6.07) is 13.0. The second-order valence-electron chi connectivity index (χ2n) is 12.3. The van der Waals surface area contributed by atoms with Crippen LogP contribution in [0.3, 0.4) is 0 Å². The first-order valence-corrected chi connectivity index (χ1v) is 14.5. The van der Waals surface area contributed by atoms with E-state index in [2.05, 4.69) is 58.9 Å². The van der Waals surface area contributed by atoms with Crippen LogP contribution in [-0.2, 0) is 29.0 Å². The van der Waals surface area contributed by atoms with Gasteiger partial charge in [-0.3, -0.25) is 4.90 Å². The quantitative estimate of drug-likeness (QED) is 0.565. The van der Waals surface area contributed by atoms with Crippen molar-refractivity contribution < 1.29 is 14.3 Å². The Hall–Kier alpha value is -3.35. The number of fused-ring (bicyclic) bond motifs is 1. The summed E-state index contributed by atoms with van der Waals surface area (Å²) in [7, 11) is 0. The van der Waals surface area contributed by atoms with Crippen molar-refractivity contribution in [3.63, 3.8) is 0 Å². The SMILES string of the molecule is CC1CN(c2nc(N3CCN(C(=O)OC(C)(C)C)CC3)c(C#N)c3c2CCN(Cc2ccccc2)C3)CC(C)O1. The number of nitrogens with zero attached hydrogens (tertiary/aromatic N) is 6. The van der Waals surface area contributed by atoms with Crippen LogP contribution in [0.2, 0.25) is 0 Å². The number of amides is 1. The third-order valence-corrected chi connectivity index (χ3v) is 7.74. The van der Waals surface area contributed by atoms with Crippen molar-refractivity contribution in [1.82, 2.24) is 14.8 Å². The highest BCUT2D eigenvalue weighted by molar-refractivity contribution is 5.70. The first kappa shape index (κ1) is 28.2. The zero-order valence-corrected chi connectivity index (χ0v) is 24.5. The molecule has 9 heteroatoms. The average Bonchev–Trinajstić information content (AvgIpc) is 2.91. The molecule has 0 aliphatic carbocycles. The third kappa shape index (κ3) is 6.34. The molecule has 2 saturated heterocycles. The molecule has 3 aliphatic rings. The van der Waals surface area contributed by atoms with E-state index in [0.717, 1.165) is 49.8 Å². The Kier molecular flexibility index (Phi) is 8.20. The number of benzene rings is 1. The minimum atomic E-state index is -0.533. The van der Waals surface area contributed by atoms with Gasteiger partial charge in [-0.15, -0.1) is 0 Å². The molecule has 3 aliphatic heterocycles. The summed E-state index contributed by atoms with van der Waals surface area (Å²) in [6.07, 6.45) is 0.776. The van der Waals surface area contributed by atoms with Crippen LogP contribution in [0.25, 0.3) is 0 Å². The Morgan fingerprint density at radius 2 is 1.68 bits per heavy atom. The summed E-state index contributed by atoms with van der Waals surface area (Å²) < 4.78 is 11.6. The molecule has 1 amide bonds. The van der Waals surface area contributed by atoms with Gasteiger partial charge in [0, 0.05) is 64.5 Å². The van der Waals surface area contributed by atoms with Crippen LogP contribution < -0.4 is 9.80 Å². The number of anilines is 2. The van der Waals surface area contributed by atoms with E-state index in [0.29, 0.717) is 38.3 Å². The largest absolute Gasteiger partial charge is 0.444 e. The van der Waals surface area contributed by atoms with Crippen molar-refractivity contribution in [3.8, 4) is 6.07 Å². The van der Waals surface area contributed by atoms with Gasteiger partial charge in [-0.1, -0.05) is 30.3 Å². The van der Waals surface area contributed by atoms with E-state index >= 15 is 0 Å². The van der Waals surface area contributed by atoms with Gasteiger partial charge in [0.25, 0.3) is 0 Å². The maximum atomic E-state index is 12.7. The summed E-state index contributed by atoms with van der Waals surface area (Å²) in [5.41, 5.74) is 3.68. The molecule has 5 rings (SSSR count). The molecule has 1 aromatic heterocycles. The number of carbonyl (C=O) groups is 1. The molecule has 2 unspecified atom stereocenters. The number of piperazine rings is 1. The van der Waals surface area contributed by atoms with Gasteiger partial charge in [-0.2, -0.15) is 5.26 Å². The lowest BCUT2D eigenvalue weighted by Crippen LogP contribution is -2.51. The lowest BCUT2D eigenvalue weighted by Gasteiger charge is -2.41. The van der Waals surface area contributed by atoms with Gasteiger partial charge in [-0.05, 0) is 52.2 Å². The summed E-state index contributed by atoms with van der Waals surface area (Å²) >= 11 is 0. The van der Waals surface area contributed by atoms with Crippen LogP contribution in [-0.4, -0.2) is 84.5 Å². The summed E-state index contributed by atoms with van der Waals surface area (Å²) in [6.45, 7) is 16.1. The van der Waals surface area contributed by atoms with E-state index in [1.807, 2.05) is 26.8 Å². The first-order chi connectivity index (χ1) is 19.1. The normalized spacial score (nSPS) is 22.1. The minimum Gasteiger partial charge on any atom is -0.444 e. The van der Waals surface area contributed by atoms with Gasteiger partial charge in [0.05, 0.1) is 17.8 Å². The average molecular weight is 547 g/mol. The van der Waals surface area contributed by atoms with Crippen LogP contribution in [0.1, 0.15) is 56.9 Å². The van der Waals surface area contributed by atoms with Crippen molar-refractivity contribution in [2.45, 2.75) is 71.9 Å². The molecular formula is C31H42N6O3. The fraction of sp³-hybridized carbons (Fsp3) is 0.581. The van der Waals surface area contributed by atoms with E-state index in [-0.39, 0.29) is 18.3 Å². The summed E-state index contributed by atoms with van der Waals surface area (Å²) in [5, 5.41) is 10.5. The number of pyridine rings is 1. The lowest BCUT2D eigenvalue weighted by atomic mass is 9.94. The Morgan fingerprint density at radius 3 is 2.30 bits per heavy atom. The third-order valence-electron chi connectivity index (χ3n) is 7.74. The van der Waals surface area contributed by atoms with Crippen molar-refractivity contribution in [1.29, 1.82) is 5.26 Å². The molecule has 2 fully saturated rings. The number of hydrogen-bond acceptors (Lipinski definition) is 8. The molecule has 9 nitrogen and oxygen atoms in total. The zero-order chi connectivity index (χ0) is 28.4. The van der Waals surface area contributed by atoms with E-state index in [1.165, 1.54) is 11.1 Å². The summed E-state index contributed by atoms with van der Waals surface area (Å²) in [5.74, 6) is 1.72. The highest BCUT2D eigenvalue weighted by Gasteiger charge is 2.34. The molecule has 0 saturated carbocycles. The second kappa shape index (κ2) is 11.6. The highest BCUT2D eigenvalue weighted by atomic mass is 16.6. The van der Waals surface area contributed by atoms with Gasteiger partial charge < -0.3 is 24.2 Å². The lowest BCUT2D eigenvalue weighted by molar-refractivity contribution is -0.00554. The minimum absolute atomic E-state index is 0.107. The van der Waals surface area contributed by atoms with Crippen molar-refractivity contribution in [3.05, 3.63) is 52.6 Å². The zero-order valence-electron chi connectivity index (χ0n) is 24.5. The first-order valence-electron chi connectivity index (χ1n) is 14.5. The smallest absolute Gasteiger partial charge is 0.410 e. The van der Waals surface area contributed by atoms with Crippen LogP contribution in [0.5, 0.6) is 0 Å². The molecule has 2 atom stereocenters. The van der Waals surface area contributed by atoms with Gasteiger partial charge in [0.2, 0.25) is 0 Å². The van der Waals surface area contributed by atoms with E-state index < -0.39 is 5.60 Å². The van der Waals surface area contributed by atoms with E-state index in [4.69, 9.17) is 14.5 Å². The van der Waals surface area contributed by atoms with Crippen LogP contribution in [0, 0.1) is 11.3 Å². The van der Waals surface area contributed by atoms with Crippen molar-refractivity contribution in [2.24, 2.45) is 0 Å². The molecular weight excluding hydrogens is 504 g/mol. The Balaban J connectivity index is 1.46. The Bertz CT molecular complexity index is 1240. The fourth-order valence-corrected chi connectivity index (χ4v) is 6.02. The number of rotatable bonds is 4. The van der Waals surface area contributed by atoms with Crippen molar-refractivity contribution >= 4 is 17.7 Å². The van der Waals surface area contributed by atoms with E-state index in [9.17, 15) is 10.1 Å². The molecule has 0 radical (unpaired) electrons. The second-order valence-corrected chi connectivity index (χ2v) is 12.3. The fourth-order valence-electron chi connectivity index (χ4n) is 6.02. The Morgan fingerprint density at radius 1 is 1.00 bits per heavy atom. The number of ether oxygens (including phenoxy) is 2. The van der Waals surface area contributed by atoms with E-state index in [1.54, 1.807) is 4.90 Å². The van der Waals surface area contributed by atoms with Gasteiger partial charge in [-0.25, -0.2) is 9.78 Å². The predicted molar refractivity (Wildman–Crippen MR) is 155 cm³/mol. The van der Waals surface area contributed by atoms with Crippen molar-refractivity contribution in [2.75, 3.05) is 55.6 Å². The number of hydrogen-bond donors (Lipinski definition) is 0. The van der Waals surface area contributed by atoms with Crippen LogP contribution >= 0.6 is 0 Å². The molecule has 0 N–H and O–H groups in total. The predicted octanol–water partition coefficient (Wildman–Crippen LogP) is 4.18. The van der Waals surface area contributed by atoms with Crippen LogP contribution in [0.15, 0.2) is 30.3 Å². The molecule has 1 aromatic carbocycles. The van der Waals surface area contributed by atoms with Crippen LogP contribution in [0.4, 0.5) is 16.4 Å². The number of morpholine rings is 1. The Labute approximate surface area is 238 Å². The number of aromatic nitrogens is 1. The number of nitriles is 1. The summed E-state index contributed by atoms with van der Waals surface area (Å²) in [4.78, 5) is 26.6. The maximum Gasteiger partial charge on any atom is 0.410 e. The molecule has 214 valence electrons. The number of carbonyl (C=O) groups excluding carboxylic acids is 1.